The van der Waals surface area contributed by atoms with Crippen molar-refractivity contribution in [2.24, 2.45) is 0 Å². The molecule has 0 N–H and O–H groups in total. The molecule has 0 atom stereocenters. The van der Waals surface area contributed by atoms with E-state index in [0.717, 1.165) is 6.42 Å². The van der Waals surface area contributed by atoms with Crippen molar-refractivity contribution in [1.82, 2.24) is 0 Å². The molecule has 8 aromatic rings. The Labute approximate surface area is 416 Å². The predicted molar refractivity (Wildman–Crippen MR) is 295 cm³/mol. The number of nitrogens with zero attached hydrogens (tertiary/aromatic N) is 3. The summed E-state index contributed by atoms with van der Waals surface area (Å²) < 4.78 is 3.88. The first-order valence-corrected chi connectivity index (χ1v) is 26.4. The Morgan fingerprint density at radius 1 is 0.507 bits per heavy atom. The third kappa shape index (κ3) is 6.91. The quantitative estimate of drug-likeness (QED) is 0.126. The molecule has 346 valence electrons. The lowest BCUT2D eigenvalue weighted by atomic mass is 9.33. The fourth-order valence-corrected chi connectivity index (χ4v) is 14.1. The number of anilines is 6. The molecule has 0 amide bonds. The average molecular weight is 921 g/mol. The maximum Gasteiger partial charge on any atom is 0.254 e. The van der Waals surface area contributed by atoms with Gasteiger partial charge in [-0.3, -0.25) is 4.90 Å². The molecule has 6 aromatic carbocycles. The molecule has 4 aliphatic rings. The number of benzene rings is 6. The molecule has 2 aliphatic carbocycles. The van der Waals surface area contributed by atoms with Crippen molar-refractivity contribution in [3.05, 3.63) is 191 Å². The first kappa shape index (κ1) is 44.3. The molecule has 0 saturated carbocycles. The number of pyridine rings is 1. The lowest BCUT2D eigenvalue weighted by Gasteiger charge is -2.47. The summed E-state index contributed by atoms with van der Waals surface area (Å²) in [5.41, 5.74) is 20.5. The minimum Gasteiger partial charge on any atom is -0.306 e. The van der Waals surface area contributed by atoms with Crippen molar-refractivity contribution in [3.63, 3.8) is 0 Å². The van der Waals surface area contributed by atoms with E-state index in [9.17, 15) is 0 Å². The number of hydrogen-bond acceptors (Lipinski definition) is 3. The fourth-order valence-electron chi connectivity index (χ4n) is 12.8. The van der Waals surface area contributed by atoms with Gasteiger partial charge in [-0.05, 0) is 139 Å². The van der Waals surface area contributed by atoms with Gasteiger partial charge in [0.25, 0.3) is 6.71 Å². The van der Waals surface area contributed by atoms with Crippen molar-refractivity contribution < 1.29 is 4.57 Å². The Hall–Kier alpha value is -5.91. The van der Waals surface area contributed by atoms with Gasteiger partial charge in [-0.15, -0.1) is 11.3 Å². The second-order valence-electron chi connectivity index (χ2n) is 24.6. The van der Waals surface area contributed by atoms with Crippen molar-refractivity contribution >= 4 is 78.0 Å². The van der Waals surface area contributed by atoms with Crippen LogP contribution in [0.15, 0.2) is 152 Å². The largest absolute Gasteiger partial charge is 0.306 e. The van der Waals surface area contributed by atoms with Gasteiger partial charge in [0.2, 0.25) is 6.04 Å². The van der Waals surface area contributed by atoms with Crippen LogP contribution >= 0.6 is 11.3 Å². The summed E-state index contributed by atoms with van der Waals surface area (Å²) in [5, 5.41) is 2.67. The van der Waals surface area contributed by atoms with Crippen LogP contribution in [-0.4, -0.2) is 6.71 Å². The first-order chi connectivity index (χ1) is 32.8. The molecule has 69 heavy (non-hydrogen) atoms. The molecule has 4 heterocycles. The normalized spacial score (nSPS) is 18.1. The zero-order valence-electron chi connectivity index (χ0n) is 42.7. The lowest BCUT2D eigenvalue weighted by molar-refractivity contribution is -0.703. The lowest BCUT2D eigenvalue weighted by Crippen LogP contribution is -2.63. The van der Waals surface area contributed by atoms with Gasteiger partial charge < -0.3 is 4.90 Å². The van der Waals surface area contributed by atoms with E-state index < -0.39 is 0 Å². The third-order valence-corrected chi connectivity index (χ3v) is 18.3. The van der Waals surface area contributed by atoms with Crippen LogP contribution in [0.2, 0.25) is 0 Å². The van der Waals surface area contributed by atoms with Crippen molar-refractivity contribution in [2.45, 2.75) is 135 Å². The summed E-state index contributed by atoms with van der Waals surface area (Å²) in [5.74, 6) is 0. The molecule has 0 spiro atoms. The van der Waals surface area contributed by atoms with Crippen LogP contribution in [0, 0.1) is 0 Å². The molecule has 12 rings (SSSR count). The summed E-state index contributed by atoms with van der Waals surface area (Å²) in [4.78, 5) is 5.35. The second kappa shape index (κ2) is 15.3. The number of aromatic nitrogens is 1. The molecule has 2 aromatic heterocycles. The first-order valence-electron chi connectivity index (χ1n) is 25.6. The monoisotopic (exact) mass is 921 g/mol. The smallest absolute Gasteiger partial charge is 0.254 e. The van der Waals surface area contributed by atoms with E-state index in [1.807, 2.05) is 11.3 Å². The molecule has 3 nitrogen and oxygen atoms in total. The van der Waals surface area contributed by atoms with E-state index in [2.05, 4.69) is 242 Å². The maximum atomic E-state index is 2.71. The molecular formula is C64H67BN3S+. The number of fused-ring (bicyclic) bond motifs is 8. The number of hydrogen-bond donors (Lipinski definition) is 0. The standard InChI is InChI=1S/C64H67BN3S/c1-60(2,3)43-26-28-44(29-27-43)68-54-40-66(58(41-20-14-12-15-21-41)42-22-16-13-17-23-42)39-53-57(54)65(56-46-24-18-19-25-55(46)69-59(56)68)51-37-49-50(64(10,11)35-34-63(49,8)9)38-52(51)67(53)45-30-31-47-48(36-45)62(6,7)33-32-61(47,4)5/h12-31,36-40,58H,32-35H2,1-11H3/q+1. The van der Waals surface area contributed by atoms with Crippen LogP contribution in [-0.2, 0) is 27.1 Å². The number of thiophene rings is 1. The summed E-state index contributed by atoms with van der Waals surface area (Å²) in [7, 11) is 0. The highest BCUT2D eigenvalue weighted by Crippen LogP contribution is 2.53. The van der Waals surface area contributed by atoms with E-state index in [0.29, 0.717) is 0 Å². The van der Waals surface area contributed by atoms with Crippen molar-refractivity contribution in [2.75, 3.05) is 9.80 Å². The topological polar surface area (TPSA) is 10.4 Å². The van der Waals surface area contributed by atoms with Crippen molar-refractivity contribution in [3.8, 4) is 0 Å². The van der Waals surface area contributed by atoms with Crippen LogP contribution in [0.25, 0.3) is 10.1 Å². The van der Waals surface area contributed by atoms with Gasteiger partial charge in [-0.1, -0.05) is 179 Å². The van der Waals surface area contributed by atoms with Gasteiger partial charge in [0, 0.05) is 32.9 Å². The molecule has 5 heteroatoms. The molecular weight excluding hydrogens is 854 g/mol. The SMILES string of the molecule is CC(C)(C)c1ccc(N2c3c[n+](C(c4ccccc4)c4ccccc4)cc4c3B(c3cc5c(cc3N4c3ccc4c(c3)C(C)(C)CCC4(C)C)C(C)(C)CCC5(C)C)c3c2sc2ccccc32)cc1. The van der Waals surface area contributed by atoms with E-state index in [1.54, 1.807) is 0 Å². The van der Waals surface area contributed by atoms with Crippen LogP contribution in [0.5, 0.6) is 0 Å². The summed E-state index contributed by atoms with van der Waals surface area (Å²) in [6, 6.07) is 53.9. The molecule has 0 saturated heterocycles. The van der Waals surface area contributed by atoms with Crippen LogP contribution in [0.1, 0.15) is 147 Å². The minimum absolute atomic E-state index is 0.0122. The molecule has 2 aliphatic heterocycles. The van der Waals surface area contributed by atoms with E-state index in [4.69, 9.17) is 0 Å². The number of rotatable bonds is 5. The predicted octanol–water partition coefficient (Wildman–Crippen LogP) is 14.9. The Balaban J connectivity index is 1.24. The highest BCUT2D eigenvalue weighted by atomic mass is 32.1. The molecule has 0 fully saturated rings. The van der Waals surface area contributed by atoms with Crippen LogP contribution in [0.4, 0.5) is 33.4 Å². The molecule has 0 bridgehead atoms. The Bertz CT molecular complexity index is 3290. The van der Waals surface area contributed by atoms with E-state index in [1.165, 1.54) is 118 Å². The molecule has 0 unspecified atom stereocenters. The second-order valence-corrected chi connectivity index (χ2v) is 25.6. The zero-order chi connectivity index (χ0) is 48.0. The van der Waals surface area contributed by atoms with Crippen molar-refractivity contribution in [1.29, 1.82) is 0 Å². The summed E-state index contributed by atoms with van der Waals surface area (Å²) in [6.45, 7) is 26.8. The van der Waals surface area contributed by atoms with E-state index >= 15 is 0 Å². The highest BCUT2D eigenvalue weighted by Gasteiger charge is 2.50. The Morgan fingerprint density at radius 2 is 1.01 bits per heavy atom. The van der Waals surface area contributed by atoms with Crippen LogP contribution < -0.4 is 30.8 Å². The third-order valence-electron chi connectivity index (χ3n) is 17.1. The Kier molecular flexibility index (Phi) is 9.82. The summed E-state index contributed by atoms with van der Waals surface area (Å²) in [6.07, 6.45) is 9.73. The minimum atomic E-state index is -0.0731. The average Bonchev–Trinajstić information content (AvgIpc) is 3.71. The molecule has 0 radical (unpaired) electrons. The fraction of sp³-hybridized carbons (Fsp3) is 0.328. The van der Waals surface area contributed by atoms with Gasteiger partial charge >= 0.3 is 0 Å². The van der Waals surface area contributed by atoms with Gasteiger partial charge in [-0.2, -0.15) is 4.57 Å². The van der Waals surface area contributed by atoms with Gasteiger partial charge in [0.05, 0.1) is 5.00 Å². The summed E-state index contributed by atoms with van der Waals surface area (Å²) >= 11 is 1.95. The zero-order valence-corrected chi connectivity index (χ0v) is 43.5. The Morgan fingerprint density at radius 3 is 1.61 bits per heavy atom. The van der Waals surface area contributed by atoms with Crippen LogP contribution in [0.3, 0.4) is 0 Å². The maximum absolute atomic E-state index is 2.71. The highest BCUT2D eigenvalue weighted by molar-refractivity contribution is 7.26. The van der Waals surface area contributed by atoms with Gasteiger partial charge in [0.15, 0.2) is 12.4 Å². The van der Waals surface area contributed by atoms with Gasteiger partial charge in [-0.25, -0.2) is 0 Å². The van der Waals surface area contributed by atoms with Gasteiger partial charge in [0.1, 0.15) is 11.4 Å². The van der Waals surface area contributed by atoms with E-state index in [-0.39, 0.29) is 39.8 Å².